The molecule has 11 heteroatoms. The summed E-state index contributed by atoms with van der Waals surface area (Å²) in [5.74, 6) is 0. The first kappa shape index (κ1) is 28.4. The van der Waals surface area contributed by atoms with Gasteiger partial charge in [0.05, 0.1) is 0 Å². The van der Waals surface area contributed by atoms with Gasteiger partial charge in [0.2, 0.25) is 0 Å². The van der Waals surface area contributed by atoms with E-state index in [4.69, 9.17) is 13.3 Å². The normalized spacial score (nSPS) is 11.5. The van der Waals surface area contributed by atoms with Crippen LogP contribution in [0.3, 0.4) is 0 Å². The van der Waals surface area contributed by atoms with Crippen molar-refractivity contribution in [1.29, 1.82) is 0 Å². The molecule has 0 aliphatic carbocycles. The third kappa shape index (κ3) is 16.3. The van der Waals surface area contributed by atoms with Gasteiger partial charge in [0.15, 0.2) is 0 Å². The van der Waals surface area contributed by atoms with Gasteiger partial charge >= 0.3 is 8.80 Å². The van der Waals surface area contributed by atoms with Crippen molar-refractivity contribution in [2.45, 2.75) is 33.2 Å². The lowest BCUT2D eigenvalue weighted by Crippen LogP contribution is -2.46. The smallest absolute Gasteiger partial charge is 0.374 e. The van der Waals surface area contributed by atoms with Gasteiger partial charge in [-0.05, 0) is 71.9 Å². The minimum absolute atomic E-state index is 0.654. The minimum atomic E-state index is -2.43. The molecule has 24 heavy (non-hydrogen) atoms. The molecule has 0 radical (unpaired) electrons. The summed E-state index contributed by atoms with van der Waals surface area (Å²) in [6.45, 7) is 8.97. The maximum absolute atomic E-state index is 5.82. The minimum Gasteiger partial charge on any atom is -0.374 e. The molecule has 0 aromatic carbocycles. The Kier molecular flexibility index (Phi) is 25.4. The van der Waals surface area contributed by atoms with Gasteiger partial charge in [-0.2, -0.15) is 3.71 Å². The van der Waals surface area contributed by atoms with E-state index in [1.807, 2.05) is 20.8 Å². The summed E-state index contributed by atoms with van der Waals surface area (Å²) in [6.07, 6.45) is 9.37. The quantitative estimate of drug-likeness (QED) is 0.119. The number of rotatable bonds is 15. The van der Waals surface area contributed by atoms with Gasteiger partial charge in [0, 0.05) is 32.4 Å². The van der Waals surface area contributed by atoms with E-state index in [2.05, 4.69) is 28.7 Å². The highest BCUT2D eigenvalue weighted by atomic mass is 33.7. The fourth-order valence-corrected chi connectivity index (χ4v) is 10.00. The van der Waals surface area contributed by atoms with E-state index >= 15 is 0 Å². The Bertz CT molecular complexity index is 235. The second-order valence-corrected chi connectivity index (χ2v) is 14.8. The van der Waals surface area contributed by atoms with Crippen LogP contribution in [0.4, 0.5) is 0 Å². The Balaban J connectivity index is 0. The van der Waals surface area contributed by atoms with Gasteiger partial charge in [0.1, 0.15) is 0 Å². The fourth-order valence-electron chi connectivity index (χ4n) is 1.74. The Morgan fingerprint density at radius 3 is 1.46 bits per heavy atom. The molecule has 0 aromatic heterocycles. The summed E-state index contributed by atoms with van der Waals surface area (Å²) >= 11 is 3.50. The van der Waals surface area contributed by atoms with Crippen LogP contribution in [0.1, 0.15) is 27.2 Å². The van der Waals surface area contributed by atoms with Crippen molar-refractivity contribution < 1.29 is 13.3 Å². The van der Waals surface area contributed by atoms with Gasteiger partial charge in [-0.25, -0.2) is 0 Å². The van der Waals surface area contributed by atoms with E-state index in [-0.39, 0.29) is 0 Å². The molecule has 0 bridgehead atoms. The lowest BCUT2D eigenvalue weighted by atomic mass is 10.5. The van der Waals surface area contributed by atoms with Gasteiger partial charge in [-0.3, -0.25) is 0 Å². The molecule has 148 valence electrons. The van der Waals surface area contributed by atoms with Crippen LogP contribution in [0.15, 0.2) is 0 Å². The van der Waals surface area contributed by atoms with E-state index in [1.54, 1.807) is 65.1 Å². The van der Waals surface area contributed by atoms with Crippen LogP contribution in [0.25, 0.3) is 0 Å². The highest BCUT2D eigenvalue weighted by Crippen LogP contribution is 2.39. The first-order valence-electron chi connectivity index (χ1n) is 7.77. The lowest BCUT2D eigenvalue weighted by molar-refractivity contribution is 0.0707. The third-order valence-corrected chi connectivity index (χ3v) is 13.5. The molecule has 0 atom stereocenters. The molecule has 0 spiro atoms. The predicted octanol–water partition coefficient (Wildman–Crippen LogP) is 6.21. The van der Waals surface area contributed by atoms with Crippen molar-refractivity contribution in [1.82, 2.24) is 3.71 Å². The van der Waals surface area contributed by atoms with Crippen LogP contribution in [0.2, 0.25) is 6.04 Å². The molecule has 0 saturated heterocycles. The van der Waals surface area contributed by atoms with Crippen molar-refractivity contribution in [2.24, 2.45) is 0 Å². The highest BCUT2D eigenvalue weighted by Gasteiger charge is 2.39. The first-order valence-corrected chi connectivity index (χ1v) is 17.7. The van der Waals surface area contributed by atoms with E-state index in [9.17, 15) is 0 Å². The molecule has 0 amide bonds. The maximum Gasteiger partial charge on any atom is 0.500 e. The molecule has 0 N–H and O–H groups in total. The molecule has 0 heterocycles. The summed E-state index contributed by atoms with van der Waals surface area (Å²) in [4.78, 5) is 0. The van der Waals surface area contributed by atoms with Crippen molar-refractivity contribution in [3.8, 4) is 0 Å². The molecule has 0 aliphatic heterocycles. The topological polar surface area (TPSA) is 30.9 Å². The zero-order chi connectivity index (χ0) is 18.7. The second-order valence-electron chi connectivity index (χ2n) is 3.98. The van der Waals surface area contributed by atoms with Crippen LogP contribution < -0.4 is 0 Å². The van der Waals surface area contributed by atoms with Crippen LogP contribution in [-0.4, -0.2) is 63.9 Å². The van der Waals surface area contributed by atoms with E-state index in [0.29, 0.717) is 19.8 Å². The van der Waals surface area contributed by atoms with Crippen LogP contribution in [-0.2, 0) is 13.3 Å². The van der Waals surface area contributed by atoms with Gasteiger partial charge in [0.25, 0.3) is 0 Å². The Labute approximate surface area is 174 Å². The van der Waals surface area contributed by atoms with Crippen molar-refractivity contribution >= 4 is 73.9 Å². The van der Waals surface area contributed by atoms with Gasteiger partial charge < -0.3 is 13.3 Å². The molecule has 0 unspecified atom stereocenters. The van der Waals surface area contributed by atoms with Gasteiger partial charge in [-0.15, -0.1) is 0 Å². The molecule has 0 aromatic rings. The monoisotopic (exact) mass is 471 g/mol. The Hall–Kier alpha value is 2.16. The first-order chi connectivity index (χ1) is 11.6. The number of hydrogen-bond acceptors (Lipinski definition) is 10. The summed E-state index contributed by atoms with van der Waals surface area (Å²) in [7, 11) is 4.75. The molecule has 0 saturated carbocycles. The zero-order valence-corrected chi connectivity index (χ0v) is 21.8. The summed E-state index contributed by atoms with van der Waals surface area (Å²) < 4.78 is 19.7. The van der Waals surface area contributed by atoms with Gasteiger partial charge in [-0.1, -0.05) is 45.5 Å². The Morgan fingerprint density at radius 1 is 0.750 bits per heavy atom. The second kappa shape index (κ2) is 21.5. The molecular weight excluding hydrogens is 439 g/mol. The molecule has 0 rings (SSSR count). The fraction of sp³-hybridized carbons (Fsp3) is 1.00. The summed E-state index contributed by atoms with van der Waals surface area (Å²) in [5, 5.41) is 0. The van der Waals surface area contributed by atoms with Crippen molar-refractivity contribution in [3.05, 3.63) is 0 Å². The standard InChI is InChI=1S/C11H27NO3S2Si.C2H6S4/c1-6-13-18(14-7-2,15-8-3)11-9-10-12(16-4)17-5;1-3-5-6-4-2/h6-11H2,1-5H3;1-2H3. The molecule has 4 nitrogen and oxygen atoms in total. The average molecular weight is 472 g/mol. The van der Waals surface area contributed by atoms with Crippen LogP contribution in [0.5, 0.6) is 0 Å². The SMILES string of the molecule is CCO[Si](CCCN(SC)SC)(OCC)OCC.CSSSSC. The van der Waals surface area contributed by atoms with Crippen LogP contribution in [0, 0.1) is 0 Å². The average Bonchev–Trinajstić information content (AvgIpc) is 2.58. The Morgan fingerprint density at radius 2 is 1.17 bits per heavy atom. The number of hydrogen-bond donors (Lipinski definition) is 0. The third-order valence-electron chi connectivity index (χ3n) is 2.49. The molecular formula is C13H33NO3S6Si. The van der Waals surface area contributed by atoms with Crippen molar-refractivity contribution in [3.63, 3.8) is 0 Å². The largest absolute Gasteiger partial charge is 0.500 e. The summed E-state index contributed by atoms with van der Waals surface area (Å²) in [5.41, 5.74) is 0. The van der Waals surface area contributed by atoms with E-state index in [0.717, 1.165) is 19.0 Å². The van der Waals surface area contributed by atoms with E-state index in [1.165, 1.54) is 0 Å². The molecule has 0 aliphatic rings. The predicted molar refractivity (Wildman–Crippen MR) is 126 cm³/mol. The van der Waals surface area contributed by atoms with Crippen molar-refractivity contribution in [2.75, 3.05) is 51.4 Å². The highest BCUT2D eigenvalue weighted by molar-refractivity contribution is 9.26. The molecule has 0 fully saturated rings. The van der Waals surface area contributed by atoms with Crippen LogP contribution >= 0.6 is 65.1 Å². The zero-order valence-electron chi connectivity index (χ0n) is 15.9. The van der Waals surface area contributed by atoms with E-state index < -0.39 is 8.80 Å². The lowest BCUT2D eigenvalue weighted by Gasteiger charge is -2.29. The maximum atomic E-state index is 5.82. The number of nitrogens with zero attached hydrogens (tertiary/aromatic N) is 1. The summed E-state index contributed by atoms with van der Waals surface area (Å²) in [6, 6.07) is 0.889.